The van der Waals surface area contributed by atoms with Gasteiger partial charge in [-0.2, -0.15) is 10.2 Å². The minimum absolute atomic E-state index is 0.204. The summed E-state index contributed by atoms with van der Waals surface area (Å²) in [5.74, 6) is -0.264. The second-order valence-corrected chi connectivity index (χ2v) is 6.85. The Kier molecular flexibility index (Phi) is 5.24. The molecular weight excluding hydrogens is 364 g/mol. The van der Waals surface area contributed by atoms with E-state index >= 15 is 0 Å². The van der Waals surface area contributed by atoms with Gasteiger partial charge in [0.25, 0.3) is 0 Å². The predicted octanol–water partition coefficient (Wildman–Crippen LogP) is 3.96. The number of nitrogens with zero attached hydrogens (tertiary/aromatic N) is 4. The third-order valence-corrected chi connectivity index (χ3v) is 4.87. The van der Waals surface area contributed by atoms with E-state index in [0.717, 1.165) is 33.9 Å². The van der Waals surface area contributed by atoms with Crippen LogP contribution in [0.15, 0.2) is 73.1 Å². The van der Waals surface area contributed by atoms with Crippen molar-refractivity contribution in [1.29, 1.82) is 0 Å². The molecule has 2 aromatic heterocycles. The number of esters is 1. The molecule has 29 heavy (non-hydrogen) atoms. The SMILES string of the molecule is Cc1nn(-c2ccccc2)c(C)c1CC(=O)OCc1ccc(-n2cccn2)cc1. The van der Waals surface area contributed by atoms with Crippen LogP contribution in [-0.4, -0.2) is 25.5 Å². The molecule has 146 valence electrons. The number of carbonyl (C=O) groups is 1. The Hall–Kier alpha value is -3.67. The quantitative estimate of drug-likeness (QED) is 0.471. The zero-order valence-corrected chi connectivity index (χ0v) is 16.4. The number of ether oxygens (including phenoxy) is 1. The van der Waals surface area contributed by atoms with E-state index in [1.807, 2.05) is 85.4 Å². The third kappa shape index (κ3) is 4.11. The summed E-state index contributed by atoms with van der Waals surface area (Å²) < 4.78 is 9.14. The lowest BCUT2D eigenvalue weighted by Crippen LogP contribution is -2.09. The van der Waals surface area contributed by atoms with Crippen LogP contribution in [0.1, 0.15) is 22.5 Å². The Morgan fingerprint density at radius 3 is 2.41 bits per heavy atom. The van der Waals surface area contributed by atoms with Crippen molar-refractivity contribution < 1.29 is 9.53 Å². The van der Waals surface area contributed by atoms with Crippen molar-refractivity contribution in [3.8, 4) is 11.4 Å². The highest BCUT2D eigenvalue weighted by molar-refractivity contribution is 5.73. The van der Waals surface area contributed by atoms with E-state index in [2.05, 4.69) is 10.2 Å². The van der Waals surface area contributed by atoms with Crippen molar-refractivity contribution >= 4 is 5.97 Å². The van der Waals surface area contributed by atoms with Crippen LogP contribution in [-0.2, 0) is 22.6 Å². The van der Waals surface area contributed by atoms with E-state index in [4.69, 9.17) is 4.74 Å². The molecule has 0 unspecified atom stereocenters. The molecule has 0 saturated heterocycles. The fourth-order valence-corrected chi connectivity index (χ4v) is 3.28. The first kappa shape index (κ1) is 18.7. The molecule has 6 nitrogen and oxygen atoms in total. The van der Waals surface area contributed by atoms with Crippen molar-refractivity contribution in [1.82, 2.24) is 19.6 Å². The van der Waals surface area contributed by atoms with E-state index in [0.29, 0.717) is 0 Å². The van der Waals surface area contributed by atoms with Gasteiger partial charge in [0, 0.05) is 23.7 Å². The zero-order chi connectivity index (χ0) is 20.2. The Balaban J connectivity index is 1.39. The van der Waals surface area contributed by atoms with Gasteiger partial charge in [-0.25, -0.2) is 9.36 Å². The molecule has 0 fully saturated rings. The van der Waals surface area contributed by atoms with Crippen LogP contribution in [0, 0.1) is 13.8 Å². The van der Waals surface area contributed by atoms with Crippen molar-refractivity contribution in [2.24, 2.45) is 0 Å². The van der Waals surface area contributed by atoms with Crippen molar-refractivity contribution in [2.75, 3.05) is 0 Å². The summed E-state index contributed by atoms with van der Waals surface area (Å²) in [6, 6.07) is 19.6. The first-order chi connectivity index (χ1) is 14.1. The molecule has 4 rings (SSSR count). The number of aryl methyl sites for hydroxylation is 1. The molecule has 0 spiro atoms. The number of hydrogen-bond acceptors (Lipinski definition) is 4. The lowest BCUT2D eigenvalue weighted by atomic mass is 10.1. The van der Waals surface area contributed by atoms with Gasteiger partial charge in [-0.1, -0.05) is 30.3 Å². The second-order valence-electron chi connectivity index (χ2n) is 6.85. The monoisotopic (exact) mass is 386 g/mol. The first-order valence-electron chi connectivity index (χ1n) is 9.47. The minimum Gasteiger partial charge on any atom is -0.461 e. The predicted molar refractivity (Wildman–Crippen MR) is 110 cm³/mol. The fraction of sp³-hybridized carbons (Fsp3) is 0.174. The molecule has 0 amide bonds. The Morgan fingerprint density at radius 2 is 1.72 bits per heavy atom. The van der Waals surface area contributed by atoms with Crippen molar-refractivity contribution in [3.05, 3.63) is 95.6 Å². The molecule has 0 N–H and O–H groups in total. The van der Waals surface area contributed by atoms with E-state index in [1.165, 1.54) is 0 Å². The lowest BCUT2D eigenvalue weighted by molar-refractivity contribution is -0.144. The number of rotatable bonds is 6. The minimum atomic E-state index is -0.264. The van der Waals surface area contributed by atoms with Crippen LogP contribution >= 0.6 is 0 Å². The van der Waals surface area contributed by atoms with Crippen LogP contribution in [0.2, 0.25) is 0 Å². The Labute approximate surface area is 169 Å². The van der Waals surface area contributed by atoms with Crippen molar-refractivity contribution in [3.63, 3.8) is 0 Å². The molecule has 0 saturated carbocycles. The maximum absolute atomic E-state index is 12.4. The second kappa shape index (κ2) is 8.14. The third-order valence-electron chi connectivity index (χ3n) is 4.87. The summed E-state index contributed by atoms with van der Waals surface area (Å²) in [6.45, 7) is 4.13. The number of benzene rings is 2. The highest BCUT2D eigenvalue weighted by Gasteiger charge is 2.16. The summed E-state index contributed by atoms with van der Waals surface area (Å²) in [7, 11) is 0. The van der Waals surface area contributed by atoms with Gasteiger partial charge in [-0.05, 0) is 49.7 Å². The van der Waals surface area contributed by atoms with Crippen LogP contribution in [0.3, 0.4) is 0 Å². The average Bonchev–Trinajstić information content (AvgIpc) is 3.38. The lowest BCUT2D eigenvalue weighted by Gasteiger charge is -2.07. The highest BCUT2D eigenvalue weighted by Crippen LogP contribution is 2.19. The number of carbonyl (C=O) groups excluding carboxylic acids is 1. The first-order valence-corrected chi connectivity index (χ1v) is 9.47. The normalized spacial score (nSPS) is 10.8. The topological polar surface area (TPSA) is 61.9 Å². The smallest absolute Gasteiger partial charge is 0.310 e. The number of aromatic nitrogens is 4. The molecule has 2 aromatic carbocycles. The number of hydrogen-bond donors (Lipinski definition) is 0. The fourth-order valence-electron chi connectivity index (χ4n) is 3.28. The van der Waals surface area contributed by atoms with E-state index in [1.54, 1.807) is 10.9 Å². The summed E-state index contributed by atoms with van der Waals surface area (Å²) in [4.78, 5) is 12.4. The standard InChI is InChI=1S/C23H22N4O2/c1-17-22(18(2)27(25-17)21-7-4-3-5-8-21)15-23(28)29-16-19-9-11-20(12-10-19)26-14-6-13-24-26/h3-14H,15-16H2,1-2H3. The van der Waals surface area contributed by atoms with Gasteiger partial charge >= 0.3 is 5.97 Å². The summed E-state index contributed by atoms with van der Waals surface area (Å²) in [5, 5.41) is 8.79. The van der Waals surface area contributed by atoms with E-state index < -0.39 is 0 Å². The van der Waals surface area contributed by atoms with Crippen LogP contribution in [0.25, 0.3) is 11.4 Å². The summed E-state index contributed by atoms with van der Waals surface area (Å²) in [5.41, 5.74) is 5.58. The van der Waals surface area contributed by atoms with Gasteiger partial charge in [-0.3, -0.25) is 4.79 Å². The van der Waals surface area contributed by atoms with Crippen LogP contribution < -0.4 is 0 Å². The largest absolute Gasteiger partial charge is 0.461 e. The Bertz CT molecular complexity index is 1100. The van der Waals surface area contributed by atoms with Gasteiger partial charge in [0.2, 0.25) is 0 Å². The molecular formula is C23H22N4O2. The van der Waals surface area contributed by atoms with Gasteiger partial charge in [-0.15, -0.1) is 0 Å². The molecule has 0 bridgehead atoms. The van der Waals surface area contributed by atoms with Gasteiger partial charge in [0.05, 0.1) is 23.5 Å². The Morgan fingerprint density at radius 1 is 0.966 bits per heavy atom. The average molecular weight is 386 g/mol. The van der Waals surface area contributed by atoms with Crippen LogP contribution in [0.5, 0.6) is 0 Å². The van der Waals surface area contributed by atoms with E-state index in [-0.39, 0.29) is 19.0 Å². The highest BCUT2D eigenvalue weighted by atomic mass is 16.5. The molecule has 4 aromatic rings. The summed E-state index contributed by atoms with van der Waals surface area (Å²) in [6.07, 6.45) is 3.82. The molecule has 2 heterocycles. The maximum atomic E-state index is 12.4. The molecule has 0 radical (unpaired) electrons. The molecule has 0 aliphatic carbocycles. The van der Waals surface area contributed by atoms with Gasteiger partial charge < -0.3 is 4.74 Å². The molecule has 6 heteroatoms. The number of para-hydroxylation sites is 1. The molecule has 0 aliphatic heterocycles. The maximum Gasteiger partial charge on any atom is 0.310 e. The zero-order valence-electron chi connectivity index (χ0n) is 16.4. The van der Waals surface area contributed by atoms with E-state index in [9.17, 15) is 4.79 Å². The van der Waals surface area contributed by atoms with Gasteiger partial charge in [0.1, 0.15) is 6.61 Å². The van der Waals surface area contributed by atoms with Gasteiger partial charge in [0.15, 0.2) is 0 Å². The van der Waals surface area contributed by atoms with Crippen LogP contribution in [0.4, 0.5) is 0 Å². The summed E-state index contributed by atoms with van der Waals surface area (Å²) >= 11 is 0. The van der Waals surface area contributed by atoms with Crippen molar-refractivity contribution in [2.45, 2.75) is 26.9 Å². The molecule has 0 aliphatic rings. The molecule has 0 atom stereocenters.